The van der Waals surface area contributed by atoms with Gasteiger partial charge in [0.15, 0.2) is 11.5 Å². The average Bonchev–Trinajstić information content (AvgIpc) is 3.01. The van der Waals surface area contributed by atoms with E-state index < -0.39 is 11.6 Å². The summed E-state index contributed by atoms with van der Waals surface area (Å²) in [7, 11) is 3.08. The molecule has 1 N–H and O–H groups in total. The SMILES string of the molecule is CC[C@H](C)C(=O)N1CCC([C@]2(C)NC(=O)N(Cc3cccc(OC)c3OC)C2=O)CC1. The molecule has 2 heterocycles. The minimum absolute atomic E-state index is 0.00767. The Morgan fingerprint density at radius 1 is 1.23 bits per heavy atom. The molecule has 31 heavy (non-hydrogen) atoms. The second kappa shape index (κ2) is 9.16. The number of imide groups is 1. The molecule has 2 aliphatic rings. The van der Waals surface area contributed by atoms with Crippen molar-refractivity contribution in [2.75, 3.05) is 27.3 Å². The van der Waals surface area contributed by atoms with Gasteiger partial charge in [0.2, 0.25) is 5.91 Å². The summed E-state index contributed by atoms with van der Waals surface area (Å²) < 4.78 is 10.8. The molecule has 0 bridgehead atoms. The van der Waals surface area contributed by atoms with Crippen molar-refractivity contribution >= 4 is 17.8 Å². The summed E-state index contributed by atoms with van der Waals surface area (Å²) >= 11 is 0. The number of methoxy groups -OCH3 is 2. The topological polar surface area (TPSA) is 88.2 Å². The highest BCUT2D eigenvalue weighted by Gasteiger charge is 2.53. The minimum Gasteiger partial charge on any atom is -0.493 e. The molecule has 0 aliphatic carbocycles. The first-order chi connectivity index (χ1) is 14.8. The van der Waals surface area contributed by atoms with Gasteiger partial charge in [-0.05, 0) is 38.2 Å². The van der Waals surface area contributed by atoms with E-state index in [0.717, 1.165) is 6.42 Å². The molecular weight excluding hydrogens is 398 g/mol. The maximum atomic E-state index is 13.4. The Kier molecular flexibility index (Phi) is 6.77. The maximum Gasteiger partial charge on any atom is 0.325 e. The zero-order chi connectivity index (χ0) is 22.8. The zero-order valence-corrected chi connectivity index (χ0v) is 19.1. The van der Waals surface area contributed by atoms with E-state index in [-0.39, 0.29) is 30.2 Å². The fourth-order valence-electron chi connectivity index (χ4n) is 4.55. The number of amides is 4. The quantitative estimate of drug-likeness (QED) is 0.671. The van der Waals surface area contributed by atoms with E-state index in [1.807, 2.05) is 24.8 Å². The molecule has 2 aliphatic heterocycles. The van der Waals surface area contributed by atoms with Crippen LogP contribution in [-0.2, 0) is 16.1 Å². The van der Waals surface area contributed by atoms with Crippen molar-refractivity contribution in [3.63, 3.8) is 0 Å². The summed E-state index contributed by atoms with van der Waals surface area (Å²) in [5.74, 6) is 0.966. The van der Waals surface area contributed by atoms with Gasteiger partial charge in [0.1, 0.15) is 5.54 Å². The van der Waals surface area contributed by atoms with Gasteiger partial charge in [0.05, 0.1) is 20.8 Å². The molecular formula is C23H33N3O5. The molecule has 0 unspecified atom stereocenters. The standard InChI is InChI=1S/C23H33N3O5/c1-6-15(2)20(27)25-12-10-17(11-13-25)23(3)21(28)26(22(29)24-23)14-16-8-7-9-18(30-4)19(16)31-5/h7-9,15,17H,6,10-14H2,1-5H3,(H,24,29)/t15-,23-/m0/s1. The number of hydrogen-bond donors (Lipinski definition) is 1. The lowest BCUT2D eigenvalue weighted by molar-refractivity contribution is -0.138. The van der Waals surface area contributed by atoms with Gasteiger partial charge in [-0.3, -0.25) is 14.5 Å². The number of likely N-dealkylation sites (tertiary alicyclic amines) is 1. The lowest BCUT2D eigenvalue weighted by Crippen LogP contribution is -2.54. The molecule has 3 rings (SSSR count). The van der Waals surface area contributed by atoms with Gasteiger partial charge in [-0.25, -0.2) is 4.79 Å². The molecule has 4 amide bonds. The lowest BCUT2D eigenvalue weighted by atomic mass is 9.78. The molecule has 0 saturated carbocycles. The number of carbonyl (C=O) groups excluding carboxylic acids is 3. The number of hydrogen-bond acceptors (Lipinski definition) is 5. The molecule has 0 spiro atoms. The van der Waals surface area contributed by atoms with Crippen molar-refractivity contribution in [3.8, 4) is 11.5 Å². The van der Waals surface area contributed by atoms with E-state index in [2.05, 4.69) is 5.32 Å². The van der Waals surface area contributed by atoms with E-state index in [0.29, 0.717) is 43.0 Å². The summed E-state index contributed by atoms with van der Waals surface area (Å²) in [6.45, 7) is 7.07. The van der Waals surface area contributed by atoms with Crippen LogP contribution in [-0.4, -0.2) is 60.5 Å². The summed E-state index contributed by atoms with van der Waals surface area (Å²) in [4.78, 5) is 41.7. The molecule has 0 radical (unpaired) electrons. The summed E-state index contributed by atoms with van der Waals surface area (Å²) in [6, 6.07) is 4.98. The van der Waals surface area contributed by atoms with E-state index in [1.54, 1.807) is 26.2 Å². The Hall–Kier alpha value is -2.77. The highest BCUT2D eigenvalue weighted by molar-refractivity contribution is 6.07. The number of carbonyl (C=O) groups is 3. The molecule has 8 heteroatoms. The molecule has 2 atom stereocenters. The van der Waals surface area contributed by atoms with Crippen LogP contribution < -0.4 is 14.8 Å². The number of para-hydroxylation sites is 1. The smallest absolute Gasteiger partial charge is 0.325 e. The number of nitrogens with zero attached hydrogens (tertiary/aromatic N) is 2. The molecule has 1 aromatic carbocycles. The number of ether oxygens (including phenoxy) is 2. The van der Waals surface area contributed by atoms with Gasteiger partial charge in [0, 0.05) is 24.6 Å². The van der Waals surface area contributed by atoms with Crippen LogP contribution in [0, 0.1) is 11.8 Å². The zero-order valence-electron chi connectivity index (χ0n) is 19.1. The molecule has 2 saturated heterocycles. The van der Waals surface area contributed by atoms with Gasteiger partial charge in [0.25, 0.3) is 5.91 Å². The third kappa shape index (κ3) is 4.20. The van der Waals surface area contributed by atoms with Crippen LogP contribution >= 0.6 is 0 Å². The minimum atomic E-state index is -0.977. The number of urea groups is 1. The van der Waals surface area contributed by atoms with Crippen molar-refractivity contribution in [3.05, 3.63) is 23.8 Å². The van der Waals surface area contributed by atoms with Gasteiger partial charge >= 0.3 is 6.03 Å². The second-order valence-corrected chi connectivity index (χ2v) is 8.59. The Labute approximate surface area is 183 Å². The summed E-state index contributed by atoms with van der Waals surface area (Å²) in [6.07, 6.45) is 2.18. The molecule has 170 valence electrons. The van der Waals surface area contributed by atoms with E-state index in [9.17, 15) is 14.4 Å². The number of piperidine rings is 1. The van der Waals surface area contributed by atoms with E-state index >= 15 is 0 Å². The van der Waals surface area contributed by atoms with Crippen LogP contribution in [0.1, 0.15) is 45.6 Å². The van der Waals surface area contributed by atoms with Crippen LogP contribution in [0.25, 0.3) is 0 Å². The average molecular weight is 432 g/mol. The summed E-state index contributed by atoms with van der Waals surface area (Å²) in [5.41, 5.74) is -0.280. The van der Waals surface area contributed by atoms with Crippen LogP contribution in [0.5, 0.6) is 11.5 Å². The first kappa shape index (κ1) is 22.9. The lowest BCUT2D eigenvalue weighted by Gasteiger charge is -2.39. The van der Waals surface area contributed by atoms with Crippen molar-refractivity contribution in [2.45, 2.75) is 52.1 Å². The van der Waals surface area contributed by atoms with E-state index in [4.69, 9.17) is 9.47 Å². The molecule has 1 aromatic rings. The van der Waals surface area contributed by atoms with Gasteiger partial charge in [-0.1, -0.05) is 26.0 Å². The van der Waals surface area contributed by atoms with Crippen LogP contribution in [0.15, 0.2) is 18.2 Å². The molecule has 8 nitrogen and oxygen atoms in total. The summed E-state index contributed by atoms with van der Waals surface area (Å²) in [5, 5.41) is 2.93. The monoisotopic (exact) mass is 431 g/mol. The first-order valence-corrected chi connectivity index (χ1v) is 10.9. The highest BCUT2D eigenvalue weighted by atomic mass is 16.5. The van der Waals surface area contributed by atoms with Crippen LogP contribution in [0.4, 0.5) is 4.79 Å². The Morgan fingerprint density at radius 2 is 1.90 bits per heavy atom. The first-order valence-electron chi connectivity index (χ1n) is 10.9. The second-order valence-electron chi connectivity index (χ2n) is 8.59. The van der Waals surface area contributed by atoms with Gasteiger partial charge in [-0.15, -0.1) is 0 Å². The maximum absolute atomic E-state index is 13.4. The number of rotatable bonds is 7. The van der Waals surface area contributed by atoms with Crippen LogP contribution in [0.2, 0.25) is 0 Å². The van der Waals surface area contributed by atoms with E-state index in [1.165, 1.54) is 12.0 Å². The van der Waals surface area contributed by atoms with Crippen molar-refractivity contribution in [1.82, 2.24) is 15.1 Å². The largest absolute Gasteiger partial charge is 0.493 e. The predicted octanol–water partition coefficient (Wildman–Crippen LogP) is 2.80. The molecule has 2 fully saturated rings. The van der Waals surface area contributed by atoms with Crippen molar-refractivity contribution in [1.29, 1.82) is 0 Å². The number of benzene rings is 1. The third-order valence-electron chi connectivity index (χ3n) is 6.77. The van der Waals surface area contributed by atoms with Gasteiger partial charge < -0.3 is 19.7 Å². The Bertz CT molecular complexity index is 850. The molecule has 0 aromatic heterocycles. The Morgan fingerprint density at radius 3 is 2.48 bits per heavy atom. The fraction of sp³-hybridized carbons (Fsp3) is 0.609. The number of nitrogens with one attached hydrogen (secondary N) is 1. The van der Waals surface area contributed by atoms with Gasteiger partial charge in [-0.2, -0.15) is 0 Å². The van der Waals surface area contributed by atoms with Crippen molar-refractivity contribution < 1.29 is 23.9 Å². The normalized spacial score (nSPS) is 23.0. The fourth-order valence-corrected chi connectivity index (χ4v) is 4.55. The van der Waals surface area contributed by atoms with Crippen LogP contribution in [0.3, 0.4) is 0 Å². The Balaban J connectivity index is 1.72. The highest BCUT2D eigenvalue weighted by Crippen LogP contribution is 2.36. The third-order valence-corrected chi connectivity index (χ3v) is 6.77. The predicted molar refractivity (Wildman–Crippen MR) is 116 cm³/mol. The van der Waals surface area contributed by atoms with Crippen molar-refractivity contribution in [2.24, 2.45) is 11.8 Å².